The summed E-state index contributed by atoms with van der Waals surface area (Å²) in [5.41, 5.74) is 1.29. The lowest BCUT2D eigenvalue weighted by molar-refractivity contribution is -0.112. The normalized spacial score (nSPS) is 13.0. The highest BCUT2D eigenvalue weighted by Crippen LogP contribution is 2.28. The van der Waals surface area contributed by atoms with Crippen molar-refractivity contribution >= 4 is 39.6 Å². The third-order valence-electron chi connectivity index (χ3n) is 3.80. The summed E-state index contributed by atoms with van der Waals surface area (Å²) in [6.45, 7) is 0. The lowest BCUT2D eigenvalue weighted by Gasteiger charge is -2.04. The van der Waals surface area contributed by atoms with Crippen LogP contribution in [-0.2, 0) is 4.79 Å². The zero-order valence-corrected chi connectivity index (χ0v) is 14.6. The second-order valence-electron chi connectivity index (χ2n) is 5.25. The van der Waals surface area contributed by atoms with Crippen LogP contribution in [0.2, 0.25) is 0 Å². The van der Waals surface area contributed by atoms with E-state index in [-0.39, 0.29) is 11.6 Å². The van der Waals surface area contributed by atoms with Gasteiger partial charge in [-0.1, -0.05) is 34.1 Å². The van der Waals surface area contributed by atoms with Crippen LogP contribution in [0.4, 0.5) is 0 Å². The van der Waals surface area contributed by atoms with Crippen molar-refractivity contribution in [2.45, 2.75) is 0 Å². The number of H-pyrrole nitrogens is 1. The van der Waals surface area contributed by atoms with Gasteiger partial charge in [0, 0.05) is 9.69 Å². The van der Waals surface area contributed by atoms with Crippen molar-refractivity contribution in [3.8, 4) is 11.6 Å². The van der Waals surface area contributed by atoms with Crippen molar-refractivity contribution < 1.29 is 9.90 Å². The van der Waals surface area contributed by atoms with E-state index in [1.54, 1.807) is 12.1 Å². The molecule has 118 valence electrons. The number of hydrogen-bond acceptors (Lipinski definition) is 3. The number of carbonyl (C=O) groups is 1. The fourth-order valence-electron chi connectivity index (χ4n) is 2.75. The number of nitrogens with one attached hydrogen (secondary N) is 1. The monoisotopic (exact) mass is 399 g/mol. The van der Waals surface area contributed by atoms with Crippen molar-refractivity contribution in [3.63, 3.8) is 0 Å². The molecule has 0 spiro atoms. The van der Waals surface area contributed by atoms with Crippen molar-refractivity contribution in [3.05, 3.63) is 74.0 Å². The Bertz CT molecular complexity index is 1160. The maximum Gasteiger partial charge on any atom is 0.280 e. The summed E-state index contributed by atoms with van der Waals surface area (Å²) in [5, 5.41) is 11.9. The molecule has 2 N–H and O–H groups in total. The first-order valence-corrected chi connectivity index (χ1v) is 8.29. The smallest absolute Gasteiger partial charge is 0.280 e. The molecule has 24 heavy (non-hydrogen) atoms. The molecule has 2 aromatic carbocycles. The zero-order chi connectivity index (χ0) is 16.8. The van der Waals surface area contributed by atoms with Gasteiger partial charge in [0.15, 0.2) is 4.77 Å². The molecule has 5 nitrogen and oxygen atoms in total. The van der Waals surface area contributed by atoms with Crippen LogP contribution in [-0.4, -0.2) is 20.6 Å². The quantitative estimate of drug-likeness (QED) is 0.649. The standard InChI is InChI=1S/C17H10BrN3O2S/c18-9-6-7-12-11(8-9)13(15(22)19-12)14-16(23)21(17(24)20-14)10-4-2-1-3-5-10/h1-8,23H,(H,20,24). The fraction of sp³-hybridized carbons (Fsp3) is 0. The van der Waals surface area contributed by atoms with Crippen LogP contribution in [0, 0.1) is 4.77 Å². The zero-order valence-electron chi connectivity index (χ0n) is 12.2. The van der Waals surface area contributed by atoms with Crippen molar-refractivity contribution in [2.75, 3.05) is 0 Å². The van der Waals surface area contributed by atoms with E-state index in [4.69, 9.17) is 12.2 Å². The maximum absolute atomic E-state index is 12.4. The van der Waals surface area contributed by atoms with Gasteiger partial charge < -0.3 is 10.1 Å². The minimum absolute atomic E-state index is 0.113. The van der Waals surface area contributed by atoms with Crippen LogP contribution < -0.4 is 10.6 Å². The molecule has 1 aromatic heterocycles. The largest absolute Gasteiger partial charge is 0.493 e. The lowest BCUT2D eigenvalue weighted by Crippen LogP contribution is -2.23. The van der Waals surface area contributed by atoms with E-state index < -0.39 is 5.91 Å². The summed E-state index contributed by atoms with van der Waals surface area (Å²) in [5.74, 6) is -0.521. The summed E-state index contributed by atoms with van der Waals surface area (Å²) in [6, 6.07) is 14.6. The van der Waals surface area contributed by atoms with Crippen LogP contribution in [0.3, 0.4) is 0 Å². The van der Waals surface area contributed by atoms with Crippen molar-refractivity contribution in [1.82, 2.24) is 9.55 Å². The predicted octanol–water partition coefficient (Wildman–Crippen LogP) is 2.36. The highest BCUT2D eigenvalue weighted by molar-refractivity contribution is 9.10. The van der Waals surface area contributed by atoms with Crippen molar-refractivity contribution in [2.24, 2.45) is 4.99 Å². The number of para-hydroxylation sites is 1. The molecular formula is C17H10BrN3O2S. The summed E-state index contributed by atoms with van der Waals surface area (Å²) >= 11 is 8.72. The molecule has 1 aliphatic heterocycles. The van der Waals surface area contributed by atoms with Crippen LogP contribution in [0.1, 0.15) is 5.69 Å². The molecule has 0 radical (unpaired) electrons. The molecule has 1 amide bonds. The lowest BCUT2D eigenvalue weighted by atomic mass is 10.1. The first-order valence-electron chi connectivity index (χ1n) is 7.09. The molecule has 0 saturated heterocycles. The number of carbonyl (C=O) groups excluding carboxylic acids is 1. The predicted molar refractivity (Wildman–Crippen MR) is 95.1 cm³/mol. The van der Waals surface area contributed by atoms with Crippen LogP contribution >= 0.6 is 28.1 Å². The molecule has 1 aliphatic rings. The molecule has 3 aromatic rings. The number of rotatable bonds is 2. The van der Waals surface area contributed by atoms with Gasteiger partial charge in [-0.2, -0.15) is 0 Å². The highest BCUT2D eigenvalue weighted by atomic mass is 79.9. The van der Waals surface area contributed by atoms with Gasteiger partial charge in [0.05, 0.1) is 16.6 Å². The average molecular weight is 400 g/mol. The topological polar surface area (TPSA) is 70.4 Å². The van der Waals surface area contributed by atoms with Gasteiger partial charge in [0.2, 0.25) is 5.88 Å². The average Bonchev–Trinajstić information content (AvgIpc) is 3.03. The van der Waals surface area contributed by atoms with Gasteiger partial charge in [-0.15, -0.1) is 0 Å². The van der Waals surface area contributed by atoms with Gasteiger partial charge >= 0.3 is 0 Å². The van der Waals surface area contributed by atoms with E-state index in [0.29, 0.717) is 26.6 Å². The second-order valence-corrected chi connectivity index (χ2v) is 6.56. The van der Waals surface area contributed by atoms with E-state index >= 15 is 0 Å². The molecular weight excluding hydrogens is 390 g/mol. The van der Waals surface area contributed by atoms with E-state index in [9.17, 15) is 9.90 Å². The number of hydrogen-bond donors (Lipinski definition) is 2. The Labute approximate surface area is 149 Å². The number of imidazole rings is 1. The molecule has 7 heteroatoms. The molecule has 0 fully saturated rings. The summed E-state index contributed by atoms with van der Waals surface area (Å²) in [6.07, 6.45) is 0. The van der Waals surface area contributed by atoms with E-state index in [2.05, 4.69) is 25.9 Å². The van der Waals surface area contributed by atoms with Crippen molar-refractivity contribution in [1.29, 1.82) is 0 Å². The Kier molecular flexibility index (Phi) is 3.47. The number of benzene rings is 2. The Balaban J connectivity index is 2.04. The van der Waals surface area contributed by atoms with Crippen LogP contribution in [0.15, 0.2) is 58.0 Å². The highest BCUT2D eigenvalue weighted by Gasteiger charge is 2.25. The molecule has 0 bridgehead atoms. The maximum atomic E-state index is 12.4. The number of fused-ring (bicyclic) bond motifs is 1. The van der Waals surface area contributed by atoms with Gasteiger partial charge in [-0.25, -0.2) is 4.99 Å². The van der Waals surface area contributed by atoms with Crippen LogP contribution in [0.5, 0.6) is 5.88 Å². The van der Waals surface area contributed by atoms with Crippen LogP contribution in [0.25, 0.3) is 11.3 Å². The Morgan fingerprint density at radius 3 is 2.67 bits per heavy atom. The third kappa shape index (κ3) is 2.24. The minimum Gasteiger partial charge on any atom is -0.493 e. The number of aromatic nitrogens is 2. The molecule has 4 rings (SSSR count). The summed E-state index contributed by atoms with van der Waals surface area (Å²) < 4.78 is 2.61. The van der Waals surface area contributed by atoms with Gasteiger partial charge in [0.1, 0.15) is 5.69 Å². The Hall–Kier alpha value is -2.51. The minimum atomic E-state index is -0.408. The number of aromatic hydroxyl groups is 1. The number of aromatic amines is 1. The molecule has 2 heterocycles. The third-order valence-corrected chi connectivity index (χ3v) is 4.58. The van der Waals surface area contributed by atoms with Gasteiger partial charge in [-0.3, -0.25) is 9.36 Å². The first kappa shape index (κ1) is 15.0. The van der Waals surface area contributed by atoms with E-state index in [0.717, 1.165) is 4.47 Å². The van der Waals surface area contributed by atoms with E-state index in [1.807, 2.05) is 36.4 Å². The number of halogens is 1. The summed E-state index contributed by atoms with van der Waals surface area (Å²) in [4.78, 5) is 19.3. The van der Waals surface area contributed by atoms with E-state index in [1.165, 1.54) is 4.57 Å². The van der Waals surface area contributed by atoms with Gasteiger partial charge in [0.25, 0.3) is 5.91 Å². The molecule has 0 atom stereocenters. The molecule has 0 aliphatic carbocycles. The number of nitrogens with zero attached hydrogens (tertiary/aromatic N) is 2. The molecule has 0 saturated carbocycles. The second kappa shape index (κ2) is 5.54. The first-order chi connectivity index (χ1) is 11.6. The Morgan fingerprint density at radius 1 is 1.17 bits per heavy atom. The molecule has 0 unspecified atom stereocenters. The summed E-state index contributed by atoms with van der Waals surface area (Å²) in [7, 11) is 0. The SMILES string of the molecule is O=C1N=c2ccc(Br)cc2=C1c1[nH]c(=S)n(-c2ccccc2)c1O. The van der Waals surface area contributed by atoms with Gasteiger partial charge in [-0.05, 0) is 42.5 Å². The number of amides is 1. The fourth-order valence-corrected chi connectivity index (χ4v) is 3.40. The Morgan fingerprint density at radius 2 is 1.92 bits per heavy atom.